The van der Waals surface area contributed by atoms with Gasteiger partial charge in [0.15, 0.2) is 0 Å². The van der Waals surface area contributed by atoms with Gasteiger partial charge in [0.2, 0.25) is 5.91 Å². The zero-order valence-corrected chi connectivity index (χ0v) is 18.9. The van der Waals surface area contributed by atoms with Crippen LogP contribution in [0.1, 0.15) is 66.8 Å². The van der Waals surface area contributed by atoms with E-state index in [1.54, 1.807) is 12.1 Å². The van der Waals surface area contributed by atoms with Gasteiger partial charge in [-0.2, -0.15) is 0 Å². The molecule has 2 aromatic rings. The maximum absolute atomic E-state index is 12.6. The van der Waals surface area contributed by atoms with Gasteiger partial charge in [-0.15, -0.1) is 0 Å². The molecule has 0 atom stereocenters. The van der Waals surface area contributed by atoms with Crippen LogP contribution in [0.2, 0.25) is 0 Å². The van der Waals surface area contributed by atoms with E-state index in [9.17, 15) is 14.4 Å². The summed E-state index contributed by atoms with van der Waals surface area (Å²) in [4.78, 5) is 37.0. The Hall–Kier alpha value is -3.15. The minimum Gasteiger partial charge on any atom is -0.352 e. The number of carbonyl (C=O) groups excluding carboxylic acids is 3. The quantitative estimate of drug-likeness (QED) is 0.650. The molecule has 2 aromatic carbocycles. The van der Waals surface area contributed by atoms with Crippen molar-refractivity contribution in [2.75, 3.05) is 11.9 Å². The molecular formula is C25H31N3O3. The fourth-order valence-electron chi connectivity index (χ4n) is 3.21. The summed E-state index contributed by atoms with van der Waals surface area (Å²) in [5, 5.41) is 8.78. The normalized spacial score (nSPS) is 13.5. The molecule has 0 heterocycles. The molecule has 0 unspecified atom stereocenters. The summed E-state index contributed by atoms with van der Waals surface area (Å²) in [5.41, 5.74) is 4.13. The van der Waals surface area contributed by atoms with E-state index >= 15 is 0 Å². The summed E-state index contributed by atoms with van der Waals surface area (Å²) >= 11 is 0. The van der Waals surface area contributed by atoms with Crippen LogP contribution < -0.4 is 16.0 Å². The first-order chi connectivity index (χ1) is 14.5. The molecule has 3 rings (SSSR count). The van der Waals surface area contributed by atoms with Crippen LogP contribution in [-0.2, 0) is 4.79 Å². The van der Waals surface area contributed by atoms with Gasteiger partial charge in [-0.05, 0) is 60.6 Å². The monoisotopic (exact) mass is 421 g/mol. The lowest BCUT2D eigenvalue weighted by molar-refractivity contribution is -0.114. The lowest BCUT2D eigenvalue weighted by Gasteiger charge is -2.19. The van der Waals surface area contributed by atoms with Crippen molar-refractivity contribution in [1.29, 1.82) is 0 Å². The molecular weight excluding hydrogens is 390 g/mol. The van der Waals surface area contributed by atoms with Crippen molar-refractivity contribution in [3.63, 3.8) is 0 Å². The molecule has 3 amide bonds. The van der Waals surface area contributed by atoms with E-state index in [1.165, 1.54) is 6.92 Å². The standard InChI is InChI=1S/C25H31N3O3/c1-15-6-7-17(24(31)28-19-9-10-19)12-21(15)20-11-8-18(13-22(20)27-16(2)29)23(30)26-14-25(3,4)5/h6-8,11-13,19H,9-10,14H2,1-5H3,(H,26,30)(H,27,29)(H,28,31). The van der Waals surface area contributed by atoms with Crippen LogP contribution in [0.15, 0.2) is 36.4 Å². The van der Waals surface area contributed by atoms with Crippen molar-refractivity contribution in [1.82, 2.24) is 10.6 Å². The molecule has 1 aliphatic rings. The maximum atomic E-state index is 12.6. The Kier molecular flexibility index (Phi) is 6.48. The molecule has 0 radical (unpaired) electrons. The largest absolute Gasteiger partial charge is 0.352 e. The molecule has 3 N–H and O–H groups in total. The van der Waals surface area contributed by atoms with Gasteiger partial charge < -0.3 is 16.0 Å². The van der Waals surface area contributed by atoms with Crippen molar-refractivity contribution in [2.45, 2.75) is 53.5 Å². The molecule has 1 fully saturated rings. The number of nitrogens with one attached hydrogen (secondary N) is 3. The van der Waals surface area contributed by atoms with Crippen molar-refractivity contribution in [3.05, 3.63) is 53.1 Å². The molecule has 0 spiro atoms. The average molecular weight is 422 g/mol. The van der Waals surface area contributed by atoms with E-state index in [2.05, 4.69) is 16.0 Å². The zero-order chi connectivity index (χ0) is 22.8. The second-order valence-electron chi connectivity index (χ2n) is 9.46. The Morgan fingerprint density at radius 1 is 0.935 bits per heavy atom. The van der Waals surface area contributed by atoms with Gasteiger partial charge in [-0.1, -0.05) is 32.9 Å². The first kappa shape index (κ1) is 22.5. The van der Waals surface area contributed by atoms with Crippen molar-refractivity contribution in [3.8, 4) is 11.1 Å². The third kappa shape index (κ3) is 6.17. The molecule has 6 nitrogen and oxygen atoms in total. The van der Waals surface area contributed by atoms with Gasteiger partial charge in [0.05, 0.1) is 0 Å². The molecule has 1 saturated carbocycles. The minimum atomic E-state index is -0.228. The molecule has 1 aliphatic carbocycles. The van der Waals surface area contributed by atoms with Crippen molar-refractivity contribution < 1.29 is 14.4 Å². The molecule has 0 aromatic heterocycles. The van der Waals surface area contributed by atoms with Crippen LogP contribution in [0.25, 0.3) is 11.1 Å². The first-order valence-corrected chi connectivity index (χ1v) is 10.7. The van der Waals surface area contributed by atoms with E-state index < -0.39 is 0 Å². The number of anilines is 1. The Balaban J connectivity index is 1.95. The van der Waals surface area contributed by atoms with Gasteiger partial charge in [0, 0.05) is 41.9 Å². The molecule has 31 heavy (non-hydrogen) atoms. The Morgan fingerprint density at radius 3 is 2.19 bits per heavy atom. The number of amides is 3. The number of carbonyl (C=O) groups is 3. The van der Waals surface area contributed by atoms with E-state index in [0.717, 1.165) is 29.5 Å². The van der Waals surface area contributed by atoms with Crippen molar-refractivity contribution >= 4 is 23.4 Å². The van der Waals surface area contributed by atoms with Crippen molar-refractivity contribution in [2.24, 2.45) is 5.41 Å². The van der Waals surface area contributed by atoms with Crippen LogP contribution >= 0.6 is 0 Å². The summed E-state index contributed by atoms with van der Waals surface area (Å²) in [6, 6.07) is 11.1. The third-order valence-corrected chi connectivity index (χ3v) is 5.07. The average Bonchev–Trinajstić information content (AvgIpc) is 3.49. The fraction of sp³-hybridized carbons (Fsp3) is 0.400. The second kappa shape index (κ2) is 8.92. The number of hydrogen-bond donors (Lipinski definition) is 3. The van der Waals surface area contributed by atoms with E-state index in [4.69, 9.17) is 0 Å². The Morgan fingerprint density at radius 2 is 1.58 bits per heavy atom. The summed E-state index contributed by atoms with van der Waals surface area (Å²) in [5.74, 6) is -0.515. The SMILES string of the molecule is CC(=O)Nc1cc(C(=O)NCC(C)(C)C)ccc1-c1cc(C(=O)NC2CC2)ccc1C. The van der Waals surface area contributed by atoms with E-state index in [0.29, 0.717) is 23.4 Å². The predicted octanol–water partition coefficient (Wildman–Crippen LogP) is 4.29. The fourth-order valence-corrected chi connectivity index (χ4v) is 3.21. The summed E-state index contributed by atoms with van der Waals surface area (Å²) in [6.07, 6.45) is 2.05. The Bertz CT molecular complexity index is 1020. The second-order valence-corrected chi connectivity index (χ2v) is 9.46. The minimum absolute atomic E-state index is 0.0331. The van der Waals surface area contributed by atoms with Gasteiger partial charge in [0.1, 0.15) is 0 Å². The highest BCUT2D eigenvalue weighted by atomic mass is 16.2. The van der Waals surface area contributed by atoms with Crippen LogP contribution in [0.4, 0.5) is 5.69 Å². The van der Waals surface area contributed by atoms with Crippen LogP contribution in [0.3, 0.4) is 0 Å². The van der Waals surface area contributed by atoms with E-state index in [1.807, 2.05) is 52.0 Å². The van der Waals surface area contributed by atoms with Gasteiger partial charge in [0.25, 0.3) is 11.8 Å². The van der Waals surface area contributed by atoms with Crippen LogP contribution in [0.5, 0.6) is 0 Å². The smallest absolute Gasteiger partial charge is 0.251 e. The summed E-state index contributed by atoms with van der Waals surface area (Å²) < 4.78 is 0. The van der Waals surface area contributed by atoms with Gasteiger partial charge in [-0.3, -0.25) is 14.4 Å². The molecule has 0 saturated heterocycles. The molecule has 0 bridgehead atoms. The lowest BCUT2D eigenvalue weighted by Crippen LogP contribution is -2.32. The topological polar surface area (TPSA) is 87.3 Å². The third-order valence-electron chi connectivity index (χ3n) is 5.07. The lowest BCUT2D eigenvalue weighted by atomic mass is 9.94. The predicted molar refractivity (Wildman–Crippen MR) is 123 cm³/mol. The molecule has 6 heteroatoms. The van der Waals surface area contributed by atoms with Gasteiger partial charge >= 0.3 is 0 Å². The number of rotatable bonds is 6. The highest BCUT2D eigenvalue weighted by molar-refractivity contribution is 6.01. The van der Waals surface area contributed by atoms with Crippen LogP contribution in [0, 0.1) is 12.3 Å². The van der Waals surface area contributed by atoms with Gasteiger partial charge in [-0.25, -0.2) is 0 Å². The zero-order valence-electron chi connectivity index (χ0n) is 18.9. The molecule has 0 aliphatic heterocycles. The number of benzene rings is 2. The highest BCUT2D eigenvalue weighted by Gasteiger charge is 2.24. The summed E-state index contributed by atoms with van der Waals surface area (Å²) in [6.45, 7) is 10.1. The summed E-state index contributed by atoms with van der Waals surface area (Å²) in [7, 11) is 0. The highest BCUT2D eigenvalue weighted by Crippen LogP contribution is 2.33. The Labute approximate surface area is 183 Å². The molecule has 164 valence electrons. The number of aryl methyl sites for hydroxylation is 1. The van der Waals surface area contributed by atoms with Crippen LogP contribution in [-0.4, -0.2) is 30.3 Å². The number of hydrogen-bond acceptors (Lipinski definition) is 3. The van der Waals surface area contributed by atoms with E-state index in [-0.39, 0.29) is 29.2 Å². The first-order valence-electron chi connectivity index (χ1n) is 10.7. The maximum Gasteiger partial charge on any atom is 0.251 e.